The second-order valence-corrected chi connectivity index (χ2v) is 6.16. The summed E-state index contributed by atoms with van der Waals surface area (Å²) in [5.41, 5.74) is 1.85. The summed E-state index contributed by atoms with van der Waals surface area (Å²) in [7, 11) is 0. The van der Waals surface area contributed by atoms with Crippen LogP contribution in [-0.4, -0.2) is 11.5 Å². The molecule has 112 valence electrons. The minimum Gasteiger partial charge on any atom is -0.310 e. The van der Waals surface area contributed by atoms with Crippen LogP contribution in [0, 0.1) is 5.82 Å². The molecule has 21 heavy (non-hydrogen) atoms. The van der Waals surface area contributed by atoms with Crippen LogP contribution in [0.4, 0.5) is 4.39 Å². The van der Waals surface area contributed by atoms with Crippen molar-refractivity contribution in [2.75, 3.05) is 6.54 Å². The third-order valence-corrected chi connectivity index (χ3v) is 4.03. The van der Waals surface area contributed by atoms with Crippen LogP contribution in [0.3, 0.4) is 0 Å². The summed E-state index contributed by atoms with van der Waals surface area (Å²) in [6.45, 7) is 2.94. The third-order valence-electron chi connectivity index (χ3n) is 3.20. The van der Waals surface area contributed by atoms with Crippen molar-refractivity contribution in [1.29, 1.82) is 0 Å². The minimum atomic E-state index is -0.384. The summed E-state index contributed by atoms with van der Waals surface area (Å²) in [6.07, 6.45) is 5.27. The lowest BCUT2D eigenvalue weighted by molar-refractivity contribution is 0.524. The Balaban J connectivity index is 2.27. The number of halogens is 3. The standard InChI is InChI=1S/C16H17BrClFN2/c1-2-6-21-15(8-11-7-12(17)10-20-9-11)13-4-3-5-14(19)16(13)18/h3-5,7,9-10,15,21H,2,6,8H2,1H3. The van der Waals surface area contributed by atoms with Gasteiger partial charge in [-0.3, -0.25) is 4.98 Å². The fourth-order valence-corrected chi connectivity index (χ4v) is 2.87. The molecule has 2 rings (SSSR count). The van der Waals surface area contributed by atoms with Gasteiger partial charge in [0, 0.05) is 22.9 Å². The molecule has 1 N–H and O–H groups in total. The first-order chi connectivity index (χ1) is 10.1. The summed E-state index contributed by atoms with van der Waals surface area (Å²) >= 11 is 9.54. The highest BCUT2D eigenvalue weighted by atomic mass is 79.9. The largest absolute Gasteiger partial charge is 0.310 e. The fraction of sp³-hybridized carbons (Fsp3) is 0.312. The number of hydrogen-bond donors (Lipinski definition) is 1. The van der Waals surface area contributed by atoms with Gasteiger partial charge in [0.25, 0.3) is 0 Å². The molecule has 0 aliphatic heterocycles. The van der Waals surface area contributed by atoms with Crippen molar-refractivity contribution < 1.29 is 4.39 Å². The van der Waals surface area contributed by atoms with Crippen LogP contribution in [0.1, 0.15) is 30.5 Å². The van der Waals surface area contributed by atoms with Gasteiger partial charge in [0.05, 0.1) is 5.02 Å². The summed E-state index contributed by atoms with van der Waals surface area (Å²) < 4.78 is 14.6. The van der Waals surface area contributed by atoms with E-state index < -0.39 is 0 Å². The predicted molar refractivity (Wildman–Crippen MR) is 88.1 cm³/mol. The number of hydrogen-bond acceptors (Lipinski definition) is 2. The van der Waals surface area contributed by atoms with Gasteiger partial charge in [0.2, 0.25) is 0 Å². The Bertz CT molecular complexity index is 607. The molecule has 1 aromatic carbocycles. The van der Waals surface area contributed by atoms with Crippen molar-refractivity contribution in [2.24, 2.45) is 0 Å². The average Bonchev–Trinajstić information content (AvgIpc) is 2.47. The molecule has 0 bridgehead atoms. The summed E-state index contributed by atoms with van der Waals surface area (Å²) in [5, 5.41) is 3.62. The Hall–Kier alpha value is -0.970. The number of nitrogens with one attached hydrogen (secondary N) is 1. The SMILES string of the molecule is CCCNC(Cc1cncc(Br)c1)c1cccc(F)c1Cl. The van der Waals surface area contributed by atoms with Gasteiger partial charge in [-0.2, -0.15) is 0 Å². The van der Waals surface area contributed by atoms with E-state index in [1.807, 2.05) is 18.3 Å². The zero-order valence-corrected chi connectivity index (χ0v) is 14.1. The van der Waals surface area contributed by atoms with E-state index in [2.05, 4.69) is 33.2 Å². The molecule has 0 aliphatic rings. The van der Waals surface area contributed by atoms with E-state index in [4.69, 9.17) is 11.6 Å². The first-order valence-corrected chi connectivity index (χ1v) is 8.05. The van der Waals surface area contributed by atoms with E-state index in [-0.39, 0.29) is 16.9 Å². The zero-order valence-electron chi connectivity index (χ0n) is 11.7. The van der Waals surface area contributed by atoms with Crippen molar-refractivity contribution in [1.82, 2.24) is 10.3 Å². The van der Waals surface area contributed by atoms with Gasteiger partial charge in [0.15, 0.2) is 0 Å². The maximum atomic E-state index is 13.7. The van der Waals surface area contributed by atoms with Crippen LogP contribution in [0.25, 0.3) is 0 Å². The lowest BCUT2D eigenvalue weighted by Crippen LogP contribution is -2.24. The second-order valence-electron chi connectivity index (χ2n) is 4.87. The molecule has 5 heteroatoms. The van der Waals surface area contributed by atoms with E-state index in [1.165, 1.54) is 6.07 Å². The third kappa shape index (κ3) is 4.50. The number of aromatic nitrogens is 1. The molecule has 0 amide bonds. The van der Waals surface area contributed by atoms with Crippen molar-refractivity contribution in [3.05, 3.63) is 63.1 Å². The molecule has 1 unspecified atom stereocenters. The highest BCUT2D eigenvalue weighted by molar-refractivity contribution is 9.10. The molecule has 0 radical (unpaired) electrons. The highest BCUT2D eigenvalue weighted by Gasteiger charge is 2.17. The van der Waals surface area contributed by atoms with E-state index in [1.54, 1.807) is 12.3 Å². The molecular formula is C16H17BrClFN2. The Labute approximate surface area is 137 Å². The molecule has 2 nitrogen and oxygen atoms in total. The van der Waals surface area contributed by atoms with E-state index in [0.29, 0.717) is 6.42 Å². The molecule has 0 fully saturated rings. The van der Waals surface area contributed by atoms with E-state index in [0.717, 1.165) is 28.6 Å². The van der Waals surface area contributed by atoms with Crippen molar-refractivity contribution in [3.63, 3.8) is 0 Å². The molecular weight excluding hydrogens is 355 g/mol. The van der Waals surface area contributed by atoms with Gasteiger partial charge in [-0.15, -0.1) is 0 Å². The number of nitrogens with zero attached hydrogens (tertiary/aromatic N) is 1. The van der Waals surface area contributed by atoms with Crippen LogP contribution in [-0.2, 0) is 6.42 Å². The predicted octanol–water partition coefficient (Wildman–Crippen LogP) is 4.92. The van der Waals surface area contributed by atoms with Crippen molar-refractivity contribution >= 4 is 27.5 Å². The van der Waals surface area contributed by atoms with Gasteiger partial charge in [0.1, 0.15) is 5.82 Å². The van der Waals surface area contributed by atoms with Crippen LogP contribution in [0.5, 0.6) is 0 Å². The lowest BCUT2D eigenvalue weighted by Gasteiger charge is -2.20. The summed E-state index contributed by atoms with van der Waals surface area (Å²) in [5.74, 6) is -0.384. The number of rotatable bonds is 6. The zero-order chi connectivity index (χ0) is 15.2. The first-order valence-electron chi connectivity index (χ1n) is 6.88. The lowest BCUT2D eigenvalue weighted by atomic mass is 9.99. The van der Waals surface area contributed by atoms with Gasteiger partial charge >= 0.3 is 0 Å². The molecule has 0 spiro atoms. The molecule has 0 saturated heterocycles. The maximum Gasteiger partial charge on any atom is 0.142 e. The Morgan fingerprint density at radius 2 is 2.19 bits per heavy atom. The normalized spacial score (nSPS) is 12.4. The maximum absolute atomic E-state index is 13.7. The Morgan fingerprint density at radius 3 is 2.90 bits per heavy atom. The van der Waals surface area contributed by atoms with Crippen molar-refractivity contribution in [2.45, 2.75) is 25.8 Å². The molecule has 0 aliphatic carbocycles. The molecule has 1 heterocycles. The van der Waals surface area contributed by atoms with Gasteiger partial charge in [-0.1, -0.05) is 30.7 Å². The topological polar surface area (TPSA) is 24.9 Å². The number of pyridine rings is 1. The molecule has 1 aromatic heterocycles. The molecule has 1 atom stereocenters. The monoisotopic (exact) mass is 370 g/mol. The van der Waals surface area contributed by atoms with Crippen LogP contribution in [0.2, 0.25) is 5.02 Å². The quantitative estimate of drug-likeness (QED) is 0.779. The highest BCUT2D eigenvalue weighted by Crippen LogP contribution is 2.28. The molecule has 2 aromatic rings. The van der Waals surface area contributed by atoms with Crippen LogP contribution < -0.4 is 5.32 Å². The summed E-state index contributed by atoms with van der Waals surface area (Å²) in [6, 6.07) is 6.91. The average molecular weight is 372 g/mol. The van der Waals surface area contributed by atoms with Gasteiger partial charge in [-0.25, -0.2) is 4.39 Å². The number of benzene rings is 1. The van der Waals surface area contributed by atoms with E-state index >= 15 is 0 Å². The Kier molecular flexibility index (Phi) is 6.15. The van der Waals surface area contributed by atoms with E-state index in [9.17, 15) is 4.39 Å². The van der Waals surface area contributed by atoms with Crippen LogP contribution in [0.15, 0.2) is 41.1 Å². The van der Waals surface area contributed by atoms with Crippen molar-refractivity contribution in [3.8, 4) is 0 Å². The summed E-state index contributed by atoms with van der Waals surface area (Å²) in [4.78, 5) is 4.17. The van der Waals surface area contributed by atoms with Gasteiger partial charge in [-0.05, 0) is 58.6 Å². The van der Waals surface area contributed by atoms with Gasteiger partial charge < -0.3 is 5.32 Å². The fourth-order valence-electron chi connectivity index (χ4n) is 2.20. The minimum absolute atomic E-state index is 0.0377. The first kappa shape index (κ1) is 16.4. The van der Waals surface area contributed by atoms with Crippen LogP contribution >= 0.6 is 27.5 Å². The smallest absolute Gasteiger partial charge is 0.142 e. The Morgan fingerprint density at radius 1 is 1.38 bits per heavy atom. The molecule has 0 saturated carbocycles. The second kappa shape index (κ2) is 7.87.